The van der Waals surface area contributed by atoms with E-state index in [1.807, 2.05) is 36.4 Å². The zero-order valence-corrected chi connectivity index (χ0v) is 19.7. The number of hydrogen-bond acceptors (Lipinski definition) is 6. The Morgan fingerprint density at radius 2 is 1.69 bits per heavy atom. The highest BCUT2D eigenvalue weighted by Crippen LogP contribution is 2.29. The van der Waals surface area contributed by atoms with Crippen molar-refractivity contribution in [1.82, 2.24) is 10.1 Å². The number of aromatic nitrogens is 1. The molecule has 0 radical (unpaired) electrons. The minimum Gasteiger partial charge on any atom is -0.354 e. The molecule has 3 aromatic carbocycles. The van der Waals surface area contributed by atoms with E-state index in [0.29, 0.717) is 23.7 Å². The van der Waals surface area contributed by atoms with Crippen LogP contribution in [0.2, 0.25) is 0 Å². The van der Waals surface area contributed by atoms with E-state index in [4.69, 9.17) is 4.52 Å². The predicted octanol–water partition coefficient (Wildman–Crippen LogP) is 6.70. The van der Waals surface area contributed by atoms with Crippen LogP contribution < -0.4 is 4.90 Å². The van der Waals surface area contributed by atoms with Crippen molar-refractivity contribution < 1.29 is 9.45 Å². The number of nitro groups is 1. The van der Waals surface area contributed by atoms with E-state index >= 15 is 0 Å². The Bertz CT molecular complexity index is 1430. The second-order valence-electron chi connectivity index (χ2n) is 8.58. The first-order valence-corrected chi connectivity index (χ1v) is 11.9. The Morgan fingerprint density at radius 1 is 0.917 bits per heavy atom. The number of non-ortho nitro benzene ring substituents is 1. The molecule has 7 nitrogen and oxygen atoms in total. The molecular formula is C29H26N4O3. The lowest BCUT2D eigenvalue weighted by molar-refractivity contribution is -0.384. The number of anilines is 1. The lowest BCUT2D eigenvalue weighted by Crippen LogP contribution is -2.26. The molecule has 5 rings (SSSR count). The average Bonchev–Trinajstić information content (AvgIpc) is 3.26. The third kappa shape index (κ3) is 5.36. The van der Waals surface area contributed by atoms with Gasteiger partial charge in [0.1, 0.15) is 5.69 Å². The van der Waals surface area contributed by atoms with Gasteiger partial charge in [0.25, 0.3) is 5.69 Å². The molecule has 0 N–H and O–H groups in total. The highest BCUT2D eigenvalue weighted by Gasteiger charge is 2.17. The van der Waals surface area contributed by atoms with Crippen LogP contribution in [0.5, 0.6) is 0 Å². The van der Waals surface area contributed by atoms with Crippen molar-refractivity contribution in [2.45, 2.75) is 13.0 Å². The summed E-state index contributed by atoms with van der Waals surface area (Å²) in [4.78, 5) is 15.1. The van der Waals surface area contributed by atoms with Crippen molar-refractivity contribution in [1.29, 1.82) is 0 Å². The van der Waals surface area contributed by atoms with Gasteiger partial charge in [-0.05, 0) is 34.9 Å². The van der Waals surface area contributed by atoms with Crippen molar-refractivity contribution in [3.8, 4) is 11.3 Å². The van der Waals surface area contributed by atoms with Crippen LogP contribution in [0, 0.1) is 10.1 Å². The first-order valence-electron chi connectivity index (χ1n) is 11.9. The van der Waals surface area contributed by atoms with Gasteiger partial charge < -0.3 is 14.3 Å². The van der Waals surface area contributed by atoms with Crippen molar-refractivity contribution in [2.24, 2.45) is 0 Å². The normalized spacial score (nSPS) is 12.7. The minimum atomic E-state index is -0.404. The lowest BCUT2D eigenvalue weighted by atomic mass is 10.0. The predicted molar refractivity (Wildman–Crippen MR) is 142 cm³/mol. The van der Waals surface area contributed by atoms with Gasteiger partial charge in [-0.15, -0.1) is 0 Å². The van der Waals surface area contributed by atoms with Gasteiger partial charge in [0.2, 0.25) is 5.88 Å². The Kier molecular flexibility index (Phi) is 6.89. The maximum Gasteiger partial charge on any atom is 0.270 e. The quantitative estimate of drug-likeness (QED) is 0.197. The standard InChI is InChI=1S/C29H26N4O3/c34-33(35)26-14-8-12-24(20-26)28-21-29(36-30-28)32(19-9-18-31-16-5-1-2-6-17-31)22-25-13-7-11-23-10-3-4-15-27(23)25/h1-8,10-17,20-21H,9,18-19,22H2. The number of rotatable bonds is 9. The monoisotopic (exact) mass is 478 g/mol. The van der Waals surface area contributed by atoms with Crippen LogP contribution in [-0.4, -0.2) is 28.1 Å². The first-order chi connectivity index (χ1) is 17.7. The Hall–Kier alpha value is -4.65. The van der Waals surface area contributed by atoms with Gasteiger partial charge in [-0.3, -0.25) is 10.1 Å². The van der Waals surface area contributed by atoms with Crippen LogP contribution in [0.15, 0.2) is 114 Å². The first kappa shape index (κ1) is 23.1. The molecular weight excluding hydrogens is 452 g/mol. The summed E-state index contributed by atoms with van der Waals surface area (Å²) in [6.07, 6.45) is 13.1. The summed E-state index contributed by atoms with van der Waals surface area (Å²) < 4.78 is 5.78. The van der Waals surface area contributed by atoms with E-state index in [0.717, 1.165) is 19.5 Å². The molecule has 2 heterocycles. The molecule has 0 saturated carbocycles. The van der Waals surface area contributed by atoms with Gasteiger partial charge in [-0.1, -0.05) is 71.9 Å². The van der Waals surface area contributed by atoms with Crippen LogP contribution >= 0.6 is 0 Å². The molecule has 0 atom stereocenters. The zero-order chi connectivity index (χ0) is 24.7. The van der Waals surface area contributed by atoms with Gasteiger partial charge in [0.05, 0.1) is 4.92 Å². The highest BCUT2D eigenvalue weighted by molar-refractivity contribution is 5.85. The molecule has 180 valence electrons. The SMILES string of the molecule is O=[N+]([O-])c1cccc(-c2cc(N(CCCN3C=CC=CC=C3)Cc3cccc4ccccc34)on2)c1. The summed E-state index contributed by atoms with van der Waals surface area (Å²) in [5, 5.41) is 17.8. The maximum atomic E-state index is 11.2. The van der Waals surface area contributed by atoms with Gasteiger partial charge in [0, 0.05) is 55.8 Å². The summed E-state index contributed by atoms with van der Waals surface area (Å²) in [5.74, 6) is 0.632. The fourth-order valence-electron chi connectivity index (χ4n) is 4.32. The number of nitrogens with zero attached hydrogens (tertiary/aromatic N) is 4. The maximum absolute atomic E-state index is 11.2. The molecule has 0 fully saturated rings. The molecule has 0 unspecified atom stereocenters. The molecule has 36 heavy (non-hydrogen) atoms. The number of fused-ring (bicyclic) bond motifs is 1. The number of nitro benzene ring substituents is 1. The second-order valence-corrected chi connectivity index (χ2v) is 8.58. The topological polar surface area (TPSA) is 75.7 Å². The van der Waals surface area contributed by atoms with Crippen molar-refractivity contribution >= 4 is 22.3 Å². The van der Waals surface area contributed by atoms with Crippen LogP contribution in [0.25, 0.3) is 22.0 Å². The molecule has 1 aromatic heterocycles. The van der Waals surface area contributed by atoms with Gasteiger partial charge >= 0.3 is 0 Å². The number of hydrogen-bond donors (Lipinski definition) is 0. The van der Waals surface area contributed by atoms with Crippen LogP contribution in [0.3, 0.4) is 0 Å². The molecule has 4 aromatic rings. The molecule has 0 spiro atoms. The van der Waals surface area contributed by atoms with Crippen molar-refractivity contribution in [3.05, 3.63) is 125 Å². The fraction of sp³-hybridized carbons (Fsp3) is 0.138. The third-order valence-electron chi connectivity index (χ3n) is 6.14. The Morgan fingerprint density at radius 3 is 2.53 bits per heavy atom. The van der Waals surface area contributed by atoms with E-state index in [1.54, 1.807) is 12.1 Å². The number of allylic oxidation sites excluding steroid dienone is 4. The Labute approximate surface area is 209 Å². The average molecular weight is 479 g/mol. The van der Waals surface area contributed by atoms with E-state index in [9.17, 15) is 10.1 Å². The smallest absolute Gasteiger partial charge is 0.270 e. The van der Waals surface area contributed by atoms with E-state index in [-0.39, 0.29) is 5.69 Å². The van der Waals surface area contributed by atoms with Crippen LogP contribution in [0.4, 0.5) is 11.6 Å². The molecule has 7 heteroatoms. The van der Waals surface area contributed by atoms with Crippen molar-refractivity contribution in [2.75, 3.05) is 18.0 Å². The zero-order valence-electron chi connectivity index (χ0n) is 19.7. The largest absolute Gasteiger partial charge is 0.354 e. The van der Waals surface area contributed by atoms with E-state index in [2.05, 4.69) is 63.8 Å². The van der Waals surface area contributed by atoms with Crippen molar-refractivity contribution in [3.63, 3.8) is 0 Å². The third-order valence-corrected chi connectivity index (χ3v) is 6.14. The summed E-state index contributed by atoms with van der Waals surface area (Å²) in [6.45, 7) is 2.25. The molecule has 1 aliphatic rings. The molecule has 0 amide bonds. The Balaban J connectivity index is 1.40. The summed E-state index contributed by atoms with van der Waals surface area (Å²) in [5.41, 5.74) is 2.44. The molecule has 0 bridgehead atoms. The van der Waals surface area contributed by atoms with Gasteiger partial charge in [-0.2, -0.15) is 0 Å². The van der Waals surface area contributed by atoms with Gasteiger partial charge in [-0.25, -0.2) is 0 Å². The minimum absolute atomic E-state index is 0.0257. The van der Waals surface area contributed by atoms with E-state index in [1.165, 1.54) is 28.5 Å². The highest BCUT2D eigenvalue weighted by atomic mass is 16.6. The molecule has 0 saturated heterocycles. The van der Waals surface area contributed by atoms with Crippen LogP contribution in [-0.2, 0) is 6.54 Å². The number of benzene rings is 3. The second kappa shape index (κ2) is 10.7. The van der Waals surface area contributed by atoms with Gasteiger partial charge in [0.15, 0.2) is 0 Å². The lowest BCUT2D eigenvalue weighted by Gasteiger charge is -2.23. The summed E-state index contributed by atoms with van der Waals surface area (Å²) in [6, 6.07) is 23.0. The summed E-state index contributed by atoms with van der Waals surface area (Å²) in [7, 11) is 0. The fourth-order valence-corrected chi connectivity index (χ4v) is 4.32. The van der Waals surface area contributed by atoms with Crippen LogP contribution in [0.1, 0.15) is 12.0 Å². The summed E-state index contributed by atoms with van der Waals surface area (Å²) >= 11 is 0. The molecule has 0 aliphatic carbocycles. The van der Waals surface area contributed by atoms with E-state index < -0.39 is 4.92 Å². The molecule has 1 aliphatic heterocycles.